The van der Waals surface area contributed by atoms with Crippen LogP contribution in [0.4, 0.5) is 0 Å². The number of methoxy groups -OCH3 is 1. The maximum atomic E-state index is 13.0. The van der Waals surface area contributed by atoms with Crippen molar-refractivity contribution in [2.45, 2.75) is 32.4 Å². The zero-order chi connectivity index (χ0) is 19.7. The molecule has 3 aliphatic rings. The van der Waals surface area contributed by atoms with Gasteiger partial charge in [0.25, 0.3) is 11.5 Å². The van der Waals surface area contributed by atoms with E-state index in [9.17, 15) is 9.59 Å². The van der Waals surface area contributed by atoms with E-state index < -0.39 is 0 Å². The summed E-state index contributed by atoms with van der Waals surface area (Å²) in [6, 6.07) is 8.27. The van der Waals surface area contributed by atoms with Crippen LogP contribution in [0.2, 0.25) is 0 Å². The standard InChI is InChI=1S/C21H26N4O3/c1-14-22-9-19(20(26)23-14)21(27)25-12-16-3-6-17(25)13-24(11-16)10-15-4-7-18(28-2)8-5-15/h4-5,7-9,16-17H,3,6,10-13H2,1-2H3,(H,22,23,26)/t16-,17+/m0/s1. The average Bonchev–Trinajstić information content (AvgIpc) is 2.99. The summed E-state index contributed by atoms with van der Waals surface area (Å²) in [6.45, 7) is 5.06. The van der Waals surface area contributed by atoms with Crippen molar-refractivity contribution in [1.82, 2.24) is 19.8 Å². The fourth-order valence-electron chi connectivity index (χ4n) is 4.34. The topological polar surface area (TPSA) is 78.5 Å². The van der Waals surface area contributed by atoms with E-state index in [4.69, 9.17) is 4.74 Å². The van der Waals surface area contributed by atoms with Gasteiger partial charge in [-0.05, 0) is 43.4 Å². The van der Waals surface area contributed by atoms with Gasteiger partial charge in [-0.3, -0.25) is 14.5 Å². The third-order valence-electron chi connectivity index (χ3n) is 5.77. The van der Waals surface area contributed by atoms with Gasteiger partial charge in [0.05, 0.1) is 7.11 Å². The molecule has 28 heavy (non-hydrogen) atoms. The van der Waals surface area contributed by atoms with Crippen LogP contribution in [0.1, 0.15) is 34.6 Å². The minimum atomic E-state index is -0.354. The molecule has 3 fully saturated rings. The summed E-state index contributed by atoms with van der Waals surface area (Å²) in [5.74, 6) is 1.60. The average molecular weight is 382 g/mol. The van der Waals surface area contributed by atoms with E-state index in [1.165, 1.54) is 11.8 Å². The highest BCUT2D eigenvalue weighted by Gasteiger charge is 2.38. The molecule has 0 saturated carbocycles. The summed E-state index contributed by atoms with van der Waals surface area (Å²) in [7, 11) is 1.67. The van der Waals surface area contributed by atoms with Gasteiger partial charge in [0.2, 0.25) is 0 Å². The molecule has 1 aromatic heterocycles. The Kier molecular flexibility index (Phi) is 5.17. The van der Waals surface area contributed by atoms with E-state index in [1.54, 1.807) is 14.0 Å². The molecule has 3 aliphatic heterocycles. The number of fused-ring (bicyclic) bond motifs is 4. The molecule has 1 aromatic carbocycles. The summed E-state index contributed by atoms with van der Waals surface area (Å²) >= 11 is 0. The van der Waals surface area contributed by atoms with Gasteiger partial charge in [-0.2, -0.15) is 0 Å². The quantitative estimate of drug-likeness (QED) is 0.873. The van der Waals surface area contributed by atoms with Crippen LogP contribution < -0.4 is 10.3 Å². The van der Waals surface area contributed by atoms with Crippen molar-refractivity contribution in [2.75, 3.05) is 26.7 Å². The van der Waals surface area contributed by atoms with Crippen LogP contribution in [0.15, 0.2) is 35.3 Å². The normalized spacial score (nSPS) is 22.1. The Labute approximate surface area is 164 Å². The number of hydrogen-bond donors (Lipinski definition) is 1. The van der Waals surface area contributed by atoms with Crippen molar-refractivity contribution in [2.24, 2.45) is 5.92 Å². The third kappa shape index (κ3) is 3.80. The van der Waals surface area contributed by atoms with Crippen LogP contribution >= 0.6 is 0 Å². The second kappa shape index (κ2) is 7.75. The first-order valence-electron chi connectivity index (χ1n) is 9.75. The molecule has 0 radical (unpaired) electrons. The number of aromatic nitrogens is 2. The van der Waals surface area contributed by atoms with Crippen LogP contribution in [-0.4, -0.2) is 58.5 Å². The second-order valence-electron chi connectivity index (χ2n) is 7.81. The zero-order valence-corrected chi connectivity index (χ0v) is 16.4. The van der Waals surface area contributed by atoms with Crippen LogP contribution in [0, 0.1) is 12.8 Å². The number of H-pyrrole nitrogens is 1. The molecular weight excluding hydrogens is 356 g/mol. The van der Waals surface area contributed by atoms with Crippen LogP contribution in [0.25, 0.3) is 0 Å². The molecular formula is C21H26N4O3. The molecule has 4 heterocycles. The van der Waals surface area contributed by atoms with Crippen molar-refractivity contribution in [1.29, 1.82) is 0 Å². The molecule has 2 bridgehead atoms. The first-order valence-corrected chi connectivity index (χ1v) is 9.75. The van der Waals surface area contributed by atoms with Gasteiger partial charge in [0.15, 0.2) is 0 Å². The monoisotopic (exact) mass is 382 g/mol. The molecule has 148 valence electrons. The second-order valence-corrected chi connectivity index (χ2v) is 7.81. The summed E-state index contributed by atoms with van der Waals surface area (Å²) in [5, 5.41) is 0. The van der Waals surface area contributed by atoms with Gasteiger partial charge >= 0.3 is 0 Å². The third-order valence-corrected chi connectivity index (χ3v) is 5.77. The highest BCUT2D eigenvalue weighted by atomic mass is 16.5. The zero-order valence-electron chi connectivity index (χ0n) is 16.4. The fraction of sp³-hybridized carbons (Fsp3) is 0.476. The van der Waals surface area contributed by atoms with Gasteiger partial charge < -0.3 is 14.6 Å². The summed E-state index contributed by atoms with van der Waals surface area (Å²) in [5.41, 5.74) is 1.02. The Morgan fingerprint density at radius 1 is 1.21 bits per heavy atom. The van der Waals surface area contributed by atoms with E-state index in [2.05, 4.69) is 27.0 Å². The van der Waals surface area contributed by atoms with E-state index in [-0.39, 0.29) is 23.1 Å². The molecule has 7 nitrogen and oxygen atoms in total. The highest BCUT2D eigenvalue weighted by Crippen LogP contribution is 2.29. The number of aromatic amines is 1. The SMILES string of the molecule is COc1ccc(CN2C[C@@H]3CC[C@H](C2)N(C(=O)c2cnc(C)[nH]c2=O)C3)cc1. The van der Waals surface area contributed by atoms with Gasteiger partial charge in [-0.1, -0.05) is 12.1 Å². The predicted octanol–water partition coefficient (Wildman–Crippen LogP) is 1.82. The van der Waals surface area contributed by atoms with Crippen molar-refractivity contribution in [3.63, 3.8) is 0 Å². The summed E-state index contributed by atoms with van der Waals surface area (Å²) < 4.78 is 5.23. The van der Waals surface area contributed by atoms with Gasteiger partial charge in [0.1, 0.15) is 17.1 Å². The minimum Gasteiger partial charge on any atom is -0.497 e. The number of nitrogens with zero attached hydrogens (tertiary/aromatic N) is 3. The maximum Gasteiger partial charge on any atom is 0.263 e. The highest BCUT2D eigenvalue weighted by molar-refractivity contribution is 5.93. The number of piperidine rings is 1. The number of aryl methyl sites for hydroxylation is 1. The van der Waals surface area contributed by atoms with Gasteiger partial charge in [0, 0.05) is 38.4 Å². The number of amides is 1. The lowest BCUT2D eigenvalue weighted by Crippen LogP contribution is -2.48. The van der Waals surface area contributed by atoms with Crippen LogP contribution in [0.5, 0.6) is 5.75 Å². The van der Waals surface area contributed by atoms with E-state index in [1.807, 2.05) is 17.0 Å². The number of rotatable bonds is 4. The number of hydrogen-bond acceptors (Lipinski definition) is 5. The summed E-state index contributed by atoms with van der Waals surface area (Å²) in [6.07, 6.45) is 3.51. The van der Waals surface area contributed by atoms with Crippen molar-refractivity contribution < 1.29 is 9.53 Å². The molecule has 5 rings (SSSR count). The Morgan fingerprint density at radius 3 is 2.71 bits per heavy atom. The molecule has 2 aromatic rings. The molecule has 3 saturated heterocycles. The van der Waals surface area contributed by atoms with Crippen molar-refractivity contribution >= 4 is 5.91 Å². The minimum absolute atomic E-state index is 0.130. The molecule has 1 N–H and O–H groups in total. The van der Waals surface area contributed by atoms with E-state index >= 15 is 0 Å². The van der Waals surface area contributed by atoms with E-state index in [0.717, 1.165) is 38.2 Å². The molecule has 0 unspecified atom stereocenters. The Balaban J connectivity index is 1.49. The first-order chi connectivity index (χ1) is 13.5. The molecule has 0 spiro atoms. The number of benzene rings is 1. The Hall–Kier alpha value is -2.67. The number of nitrogens with one attached hydrogen (secondary N) is 1. The van der Waals surface area contributed by atoms with Crippen LogP contribution in [-0.2, 0) is 6.54 Å². The number of carbonyl (C=O) groups is 1. The lowest BCUT2D eigenvalue weighted by atomic mass is 9.94. The Bertz CT molecular complexity index is 909. The van der Waals surface area contributed by atoms with Crippen LogP contribution in [0.3, 0.4) is 0 Å². The van der Waals surface area contributed by atoms with Crippen molar-refractivity contribution in [3.8, 4) is 5.75 Å². The van der Waals surface area contributed by atoms with Crippen molar-refractivity contribution in [3.05, 3.63) is 57.8 Å². The van der Waals surface area contributed by atoms with E-state index in [0.29, 0.717) is 18.3 Å². The molecule has 2 atom stereocenters. The number of carbonyl (C=O) groups excluding carboxylic acids is 1. The first kappa shape index (κ1) is 18.7. The lowest BCUT2D eigenvalue weighted by molar-refractivity contribution is 0.0582. The van der Waals surface area contributed by atoms with Gasteiger partial charge in [-0.25, -0.2) is 4.98 Å². The summed E-state index contributed by atoms with van der Waals surface area (Å²) in [4.78, 5) is 36.3. The molecule has 1 amide bonds. The smallest absolute Gasteiger partial charge is 0.263 e. The Morgan fingerprint density at radius 2 is 2.00 bits per heavy atom. The molecule has 7 heteroatoms. The fourth-order valence-corrected chi connectivity index (χ4v) is 4.34. The lowest BCUT2D eigenvalue weighted by Gasteiger charge is -2.36. The number of ether oxygens (including phenoxy) is 1. The molecule has 0 aliphatic carbocycles. The predicted molar refractivity (Wildman–Crippen MR) is 105 cm³/mol. The largest absolute Gasteiger partial charge is 0.497 e. The van der Waals surface area contributed by atoms with Gasteiger partial charge in [-0.15, -0.1) is 0 Å². The maximum absolute atomic E-state index is 13.0.